The second-order valence-corrected chi connectivity index (χ2v) is 5.95. The van der Waals surface area contributed by atoms with Crippen molar-refractivity contribution in [3.63, 3.8) is 0 Å². The van der Waals surface area contributed by atoms with Crippen LogP contribution in [0.15, 0.2) is 34.8 Å². The number of esters is 1. The lowest BCUT2D eigenvalue weighted by Gasteiger charge is -2.06. The number of carbonyl (C=O) groups excluding carboxylic acids is 2. The van der Waals surface area contributed by atoms with Crippen LogP contribution in [0.5, 0.6) is 0 Å². The number of carbonyl (C=O) groups is 2. The first kappa shape index (κ1) is 16.5. The summed E-state index contributed by atoms with van der Waals surface area (Å²) in [4.78, 5) is 24.2. The zero-order chi connectivity index (χ0) is 16.3. The van der Waals surface area contributed by atoms with E-state index in [0.717, 1.165) is 22.4 Å². The Hall–Kier alpha value is -1.88. The van der Waals surface area contributed by atoms with Crippen LogP contribution in [0.25, 0.3) is 0 Å². The van der Waals surface area contributed by atoms with Crippen LogP contribution in [-0.2, 0) is 11.3 Å². The van der Waals surface area contributed by atoms with Crippen molar-refractivity contribution in [3.05, 3.63) is 57.3 Å². The molecule has 2 aromatic rings. The first-order valence-electron chi connectivity index (χ1n) is 7.06. The Kier molecular flexibility index (Phi) is 5.19. The van der Waals surface area contributed by atoms with Crippen molar-refractivity contribution in [1.29, 1.82) is 0 Å². The molecular formula is C17H18BrNO3. The van der Waals surface area contributed by atoms with Crippen molar-refractivity contribution >= 4 is 27.7 Å². The molecule has 22 heavy (non-hydrogen) atoms. The first-order valence-corrected chi connectivity index (χ1v) is 7.86. The highest BCUT2D eigenvalue weighted by molar-refractivity contribution is 9.10. The van der Waals surface area contributed by atoms with Gasteiger partial charge in [0.15, 0.2) is 6.61 Å². The lowest BCUT2D eigenvalue weighted by atomic mass is 10.1. The highest BCUT2D eigenvalue weighted by Crippen LogP contribution is 2.16. The molecule has 0 amide bonds. The minimum Gasteiger partial charge on any atom is -0.454 e. The predicted molar refractivity (Wildman–Crippen MR) is 88.3 cm³/mol. The van der Waals surface area contributed by atoms with E-state index in [1.807, 2.05) is 32.9 Å². The smallest absolute Gasteiger partial charge is 0.338 e. The quantitative estimate of drug-likeness (QED) is 0.597. The summed E-state index contributed by atoms with van der Waals surface area (Å²) in [5.74, 6) is -0.685. The van der Waals surface area contributed by atoms with Crippen LogP contribution in [0.2, 0.25) is 0 Å². The molecule has 2 rings (SSSR count). The summed E-state index contributed by atoms with van der Waals surface area (Å²) in [6.45, 7) is 6.45. The molecule has 1 heterocycles. The van der Waals surface area contributed by atoms with Gasteiger partial charge < -0.3 is 9.30 Å². The number of ether oxygens (including phenoxy) is 1. The van der Waals surface area contributed by atoms with Crippen molar-refractivity contribution < 1.29 is 14.3 Å². The molecule has 116 valence electrons. The molecule has 0 unspecified atom stereocenters. The third kappa shape index (κ3) is 3.47. The number of aryl methyl sites for hydroxylation is 1. The van der Waals surface area contributed by atoms with Crippen molar-refractivity contribution in [3.8, 4) is 0 Å². The Morgan fingerprint density at radius 1 is 1.23 bits per heavy atom. The Balaban J connectivity index is 2.06. The van der Waals surface area contributed by atoms with Crippen molar-refractivity contribution in [1.82, 2.24) is 4.57 Å². The Morgan fingerprint density at radius 2 is 1.95 bits per heavy atom. The molecule has 0 bridgehead atoms. The number of hydrogen-bond acceptors (Lipinski definition) is 3. The largest absolute Gasteiger partial charge is 0.454 e. The van der Waals surface area contributed by atoms with Crippen LogP contribution in [0, 0.1) is 13.8 Å². The summed E-state index contributed by atoms with van der Waals surface area (Å²) in [5, 5.41) is 0. The van der Waals surface area contributed by atoms with Gasteiger partial charge in [0.2, 0.25) is 5.78 Å². The maximum Gasteiger partial charge on any atom is 0.338 e. The fourth-order valence-electron chi connectivity index (χ4n) is 2.48. The minimum absolute atomic E-state index is 0.184. The zero-order valence-electron chi connectivity index (χ0n) is 12.9. The van der Waals surface area contributed by atoms with E-state index in [2.05, 4.69) is 20.5 Å². The maximum absolute atomic E-state index is 12.2. The van der Waals surface area contributed by atoms with Gasteiger partial charge in [-0.1, -0.05) is 22.0 Å². The van der Waals surface area contributed by atoms with Gasteiger partial charge in [-0.25, -0.2) is 4.79 Å². The summed E-state index contributed by atoms with van der Waals surface area (Å²) in [5.41, 5.74) is 2.97. The van der Waals surface area contributed by atoms with E-state index in [-0.39, 0.29) is 12.4 Å². The molecule has 0 saturated heterocycles. The van der Waals surface area contributed by atoms with Gasteiger partial charge in [0.25, 0.3) is 0 Å². The maximum atomic E-state index is 12.2. The van der Waals surface area contributed by atoms with Crippen LogP contribution in [0.1, 0.15) is 39.0 Å². The Labute approximate surface area is 138 Å². The average Bonchev–Trinajstić information content (AvgIpc) is 2.78. The molecule has 0 aliphatic rings. The monoisotopic (exact) mass is 363 g/mol. The number of halogens is 1. The number of nitrogens with zero attached hydrogens (tertiary/aromatic N) is 1. The van der Waals surface area contributed by atoms with E-state index >= 15 is 0 Å². The Morgan fingerprint density at radius 3 is 2.55 bits per heavy atom. The third-order valence-electron chi connectivity index (χ3n) is 3.58. The molecule has 0 N–H and O–H groups in total. The van der Waals surface area contributed by atoms with Crippen LogP contribution in [-0.4, -0.2) is 22.9 Å². The molecule has 0 aliphatic heterocycles. The molecule has 0 aliphatic carbocycles. The van der Waals surface area contributed by atoms with E-state index < -0.39 is 5.97 Å². The third-order valence-corrected chi connectivity index (χ3v) is 4.08. The van der Waals surface area contributed by atoms with Crippen molar-refractivity contribution in [2.24, 2.45) is 0 Å². The van der Waals surface area contributed by atoms with Gasteiger partial charge in [-0.15, -0.1) is 0 Å². The van der Waals surface area contributed by atoms with Gasteiger partial charge in [0, 0.05) is 28.0 Å². The topological polar surface area (TPSA) is 48.3 Å². The minimum atomic E-state index is -0.501. The van der Waals surface area contributed by atoms with Gasteiger partial charge >= 0.3 is 5.97 Å². The van der Waals surface area contributed by atoms with E-state index in [9.17, 15) is 9.59 Å². The highest BCUT2D eigenvalue weighted by Gasteiger charge is 2.17. The van der Waals surface area contributed by atoms with Crippen LogP contribution < -0.4 is 0 Å². The van der Waals surface area contributed by atoms with Gasteiger partial charge in [0.1, 0.15) is 0 Å². The lowest BCUT2D eigenvalue weighted by Crippen LogP contribution is -2.15. The van der Waals surface area contributed by atoms with Crippen LogP contribution in [0.4, 0.5) is 0 Å². The Bertz CT molecular complexity index is 719. The number of hydrogen-bond donors (Lipinski definition) is 0. The molecule has 4 nitrogen and oxygen atoms in total. The average molecular weight is 364 g/mol. The van der Waals surface area contributed by atoms with E-state index in [0.29, 0.717) is 11.1 Å². The van der Waals surface area contributed by atoms with E-state index in [1.54, 1.807) is 18.2 Å². The molecule has 0 saturated carbocycles. The number of ketones is 1. The fourth-order valence-corrected chi connectivity index (χ4v) is 2.88. The molecule has 0 spiro atoms. The molecule has 1 aromatic heterocycles. The summed E-state index contributed by atoms with van der Waals surface area (Å²) < 4.78 is 7.97. The predicted octanol–water partition coefficient (Wildman–Crippen LogP) is 3.93. The SMILES string of the molecule is CCn1c(C)cc(C(=O)COC(=O)c2cccc(Br)c2)c1C. The van der Waals surface area contributed by atoms with Gasteiger partial charge in [0.05, 0.1) is 5.56 Å². The molecule has 0 fully saturated rings. The number of benzene rings is 1. The van der Waals surface area contributed by atoms with Gasteiger partial charge in [-0.2, -0.15) is 0 Å². The molecule has 1 aromatic carbocycles. The van der Waals surface area contributed by atoms with Gasteiger partial charge in [-0.05, 0) is 45.0 Å². The molecular weight excluding hydrogens is 346 g/mol. The molecule has 0 atom stereocenters. The highest BCUT2D eigenvalue weighted by atomic mass is 79.9. The number of rotatable bonds is 5. The van der Waals surface area contributed by atoms with Crippen molar-refractivity contribution in [2.45, 2.75) is 27.3 Å². The molecule has 0 radical (unpaired) electrons. The summed E-state index contributed by atoms with van der Waals surface area (Å²) in [6, 6.07) is 8.73. The first-order chi connectivity index (χ1) is 10.4. The normalized spacial score (nSPS) is 10.5. The summed E-state index contributed by atoms with van der Waals surface area (Å²) >= 11 is 3.30. The van der Waals surface area contributed by atoms with Crippen molar-refractivity contribution in [2.75, 3.05) is 6.61 Å². The van der Waals surface area contributed by atoms with Crippen LogP contribution in [0.3, 0.4) is 0 Å². The van der Waals surface area contributed by atoms with E-state index in [4.69, 9.17) is 4.74 Å². The van der Waals surface area contributed by atoms with E-state index in [1.165, 1.54) is 0 Å². The lowest BCUT2D eigenvalue weighted by molar-refractivity contribution is 0.0474. The van der Waals surface area contributed by atoms with Crippen LogP contribution >= 0.6 is 15.9 Å². The zero-order valence-corrected chi connectivity index (χ0v) is 14.4. The second-order valence-electron chi connectivity index (χ2n) is 5.04. The fraction of sp³-hybridized carbons (Fsp3) is 0.294. The number of Topliss-reactive ketones (excluding diaryl/α,β-unsaturated/α-hetero) is 1. The second kappa shape index (κ2) is 6.92. The standard InChI is InChI=1S/C17H18BrNO3/c1-4-19-11(2)8-15(12(19)3)16(20)10-22-17(21)13-6-5-7-14(18)9-13/h5-9H,4,10H2,1-3H3. The number of aromatic nitrogens is 1. The molecule has 5 heteroatoms. The van der Waals surface area contributed by atoms with Gasteiger partial charge in [-0.3, -0.25) is 4.79 Å². The summed E-state index contributed by atoms with van der Waals surface area (Å²) in [7, 11) is 0. The summed E-state index contributed by atoms with van der Waals surface area (Å²) in [6.07, 6.45) is 0.